The number of anilines is 2. The van der Waals surface area contributed by atoms with Crippen LogP contribution < -0.4 is 16.2 Å². The maximum Gasteiger partial charge on any atom is 0.340 e. The van der Waals surface area contributed by atoms with Gasteiger partial charge in [0.2, 0.25) is 0 Å². The van der Waals surface area contributed by atoms with Gasteiger partial charge in [-0.1, -0.05) is 47.5 Å². The molecule has 4 rings (SSSR count). The number of rotatable bonds is 6. The molecule has 0 aliphatic heterocycles. The summed E-state index contributed by atoms with van der Waals surface area (Å²) < 4.78 is 20.0. The van der Waals surface area contributed by atoms with Gasteiger partial charge >= 0.3 is 12.0 Å². The van der Waals surface area contributed by atoms with Crippen LogP contribution in [0.3, 0.4) is 0 Å². The summed E-state index contributed by atoms with van der Waals surface area (Å²) >= 11 is 12.1. The molecule has 12 heteroatoms. The third kappa shape index (κ3) is 5.66. The summed E-state index contributed by atoms with van der Waals surface area (Å²) in [5, 5.41) is 9.69. The number of methoxy groups -OCH3 is 1. The van der Waals surface area contributed by atoms with E-state index in [4.69, 9.17) is 23.2 Å². The lowest BCUT2D eigenvalue weighted by atomic mass is 9.99. The Hall–Kier alpha value is -4.28. The molecular formula is C26H20Cl2FN5O4. The van der Waals surface area contributed by atoms with Crippen molar-refractivity contribution >= 4 is 46.6 Å². The van der Waals surface area contributed by atoms with Crippen LogP contribution in [0.5, 0.6) is 0 Å². The smallest absolute Gasteiger partial charge is 0.340 e. The van der Waals surface area contributed by atoms with Crippen LogP contribution in [0.1, 0.15) is 17.3 Å². The van der Waals surface area contributed by atoms with Crippen LogP contribution in [-0.4, -0.2) is 33.9 Å². The van der Waals surface area contributed by atoms with Crippen LogP contribution >= 0.6 is 23.2 Å². The number of aromatic nitrogens is 3. The summed E-state index contributed by atoms with van der Waals surface area (Å²) in [6, 6.07) is 11.9. The first kappa shape index (κ1) is 26.8. The molecular weight excluding hydrogens is 536 g/mol. The lowest BCUT2D eigenvalue weighted by Gasteiger charge is -2.13. The number of benzene rings is 2. The van der Waals surface area contributed by atoms with E-state index in [1.165, 1.54) is 48.5 Å². The molecule has 2 N–H and O–H groups in total. The van der Waals surface area contributed by atoms with E-state index >= 15 is 0 Å². The molecule has 0 radical (unpaired) electrons. The molecule has 2 amide bonds. The van der Waals surface area contributed by atoms with Crippen molar-refractivity contribution in [2.24, 2.45) is 0 Å². The Morgan fingerprint density at radius 1 is 1.00 bits per heavy atom. The van der Waals surface area contributed by atoms with Gasteiger partial charge in [0.15, 0.2) is 0 Å². The predicted octanol–water partition coefficient (Wildman–Crippen LogP) is 5.87. The molecule has 2 aromatic carbocycles. The van der Waals surface area contributed by atoms with Crippen molar-refractivity contribution in [2.75, 3.05) is 17.7 Å². The number of pyridine rings is 1. The number of aryl methyl sites for hydroxylation is 1. The van der Waals surface area contributed by atoms with Crippen LogP contribution in [0.4, 0.5) is 20.6 Å². The zero-order valence-corrected chi connectivity index (χ0v) is 21.6. The van der Waals surface area contributed by atoms with Gasteiger partial charge in [-0.05, 0) is 42.3 Å². The van der Waals surface area contributed by atoms with E-state index in [0.29, 0.717) is 22.4 Å². The van der Waals surface area contributed by atoms with Crippen molar-refractivity contribution in [1.82, 2.24) is 14.8 Å². The Labute approximate surface area is 226 Å². The van der Waals surface area contributed by atoms with Crippen molar-refractivity contribution in [3.63, 3.8) is 0 Å². The molecule has 2 aromatic heterocycles. The van der Waals surface area contributed by atoms with Crippen molar-refractivity contribution < 1.29 is 18.7 Å². The van der Waals surface area contributed by atoms with Crippen molar-refractivity contribution in [2.45, 2.75) is 13.5 Å². The lowest BCUT2D eigenvalue weighted by Crippen LogP contribution is -2.29. The molecule has 4 aromatic rings. The average molecular weight is 556 g/mol. The summed E-state index contributed by atoms with van der Waals surface area (Å²) in [5.74, 6) is -1.49. The lowest BCUT2D eigenvalue weighted by molar-refractivity contribution is 0.0595. The molecule has 38 heavy (non-hydrogen) atoms. The Morgan fingerprint density at radius 2 is 1.68 bits per heavy atom. The highest BCUT2D eigenvalue weighted by Gasteiger charge is 2.16. The zero-order chi connectivity index (χ0) is 27.4. The SMILES string of the molecule is CCn1nc(-c2cccc(-c3ccc(F)c(C(=O)OC)c3)c2)cc(NC(=O)Nc2c(Cl)cncc2Cl)c1=O. The average Bonchev–Trinajstić information content (AvgIpc) is 2.92. The van der Waals surface area contributed by atoms with E-state index in [0.717, 1.165) is 0 Å². The molecule has 0 fully saturated rings. The summed E-state index contributed by atoms with van der Waals surface area (Å²) in [7, 11) is 1.18. The van der Waals surface area contributed by atoms with E-state index in [9.17, 15) is 18.8 Å². The molecule has 0 aliphatic rings. The van der Waals surface area contributed by atoms with Gasteiger partial charge in [0.1, 0.15) is 11.5 Å². The fourth-order valence-corrected chi connectivity index (χ4v) is 4.07. The molecule has 0 saturated heterocycles. The van der Waals surface area contributed by atoms with Gasteiger partial charge in [-0.2, -0.15) is 5.10 Å². The number of hydrogen-bond acceptors (Lipinski definition) is 6. The van der Waals surface area contributed by atoms with Crippen molar-refractivity contribution in [3.8, 4) is 22.4 Å². The standard InChI is InChI=1S/C26H20Cl2FN5O4/c1-3-34-24(35)22(31-26(37)32-23-18(27)12-30-13-19(23)28)11-21(33-34)16-6-4-5-14(9-16)15-7-8-20(29)17(10-15)25(36)38-2/h4-13H,3H2,1-2H3,(H2,30,31,32,37). The van der Waals surface area contributed by atoms with E-state index < -0.39 is 23.4 Å². The van der Waals surface area contributed by atoms with Gasteiger partial charge in [-0.15, -0.1) is 0 Å². The van der Waals surface area contributed by atoms with Crippen LogP contribution in [0.15, 0.2) is 65.7 Å². The van der Waals surface area contributed by atoms with Gasteiger partial charge < -0.3 is 15.4 Å². The quantitative estimate of drug-likeness (QED) is 0.287. The van der Waals surface area contributed by atoms with Gasteiger partial charge in [0.25, 0.3) is 5.56 Å². The number of amides is 2. The Bertz CT molecular complexity index is 1590. The maximum absolute atomic E-state index is 14.1. The fraction of sp³-hybridized carbons (Fsp3) is 0.115. The number of carbonyl (C=O) groups is 2. The van der Waals surface area contributed by atoms with Crippen molar-refractivity contribution in [3.05, 3.63) is 92.7 Å². The highest BCUT2D eigenvalue weighted by atomic mass is 35.5. The van der Waals surface area contributed by atoms with Gasteiger partial charge in [-0.3, -0.25) is 9.78 Å². The van der Waals surface area contributed by atoms with Crippen LogP contribution in [-0.2, 0) is 11.3 Å². The largest absolute Gasteiger partial charge is 0.465 e. The third-order valence-electron chi connectivity index (χ3n) is 5.48. The molecule has 0 atom stereocenters. The first-order valence-electron chi connectivity index (χ1n) is 11.2. The van der Waals surface area contributed by atoms with Gasteiger partial charge in [0.05, 0.1) is 34.1 Å². The topological polar surface area (TPSA) is 115 Å². The van der Waals surface area contributed by atoms with Crippen LogP contribution in [0, 0.1) is 5.82 Å². The second kappa shape index (κ2) is 11.4. The van der Waals surface area contributed by atoms with Crippen LogP contribution in [0.25, 0.3) is 22.4 Å². The minimum atomic E-state index is -0.791. The Balaban J connectivity index is 1.69. The minimum absolute atomic E-state index is 0.0317. The molecule has 2 heterocycles. The van der Waals surface area contributed by atoms with E-state index in [2.05, 4.69) is 25.5 Å². The minimum Gasteiger partial charge on any atom is -0.465 e. The summed E-state index contributed by atoms with van der Waals surface area (Å²) in [4.78, 5) is 41.3. The number of ether oxygens (including phenoxy) is 1. The first-order chi connectivity index (χ1) is 18.2. The van der Waals surface area contributed by atoms with Crippen molar-refractivity contribution in [1.29, 1.82) is 0 Å². The monoisotopic (exact) mass is 555 g/mol. The highest BCUT2D eigenvalue weighted by molar-refractivity contribution is 6.39. The fourth-order valence-electron chi connectivity index (χ4n) is 3.61. The molecule has 0 unspecified atom stereocenters. The molecule has 9 nitrogen and oxygen atoms in total. The molecule has 0 spiro atoms. The third-order valence-corrected chi connectivity index (χ3v) is 6.05. The normalized spacial score (nSPS) is 10.7. The van der Waals surface area contributed by atoms with E-state index in [1.807, 2.05) is 0 Å². The number of halogens is 3. The van der Waals surface area contributed by atoms with E-state index in [-0.39, 0.29) is 33.5 Å². The summed E-state index contributed by atoms with van der Waals surface area (Å²) in [5.41, 5.74) is 1.63. The molecule has 0 saturated carbocycles. The highest BCUT2D eigenvalue weighted by Crippen LogP contribution is 2.30. The van der Waals surface area contributed by atoms with Crippen LogP contribution in [0.2, 0.25) is 10.0 Å². The Kier molecular flexibility index (Phi) is 8.04. The maximum atomic E-state index is 14.1. The Morgan fingerprint density at radius 3 is 2.37 bits per heavy atom. The number of nitrogens with one attached hydrogen (secondary N) is 2. The first-order valence-corrected chi connectivity index (χ1v) is 11.9. The van der Waals surface area contributed by atoms with Gasteiger partial charge in [-0.25, -0.2) is 18.7 Å². The number of nitrogens with zero attached hydrogens (tertiary/aromatic N) is 3. The molecule has 0 bridgehead atoms. The van der Waals surface area contributed by atoms with E-state index in [1.54, 1.807) is 31.2 Å². The second-order valence-electron chi connectivity index (χ2n) is 7.89. The zero-order valence-electron chi connectivity index (χ0n) is 20.1. The predicted molar refractivity (Wildman–Crippen MR) is 143 cm³/mol. The molecule has 194 valence electrons. The number of carbonyl (C=O) groups excluding carboxylic acids is 2. The summed E-state index contributed by atoms with van der Waals surface area (Å²) in [6.07, 6.45) is 2.64. The number of esters is 1. The number of hydrogen-bond donors (Lipinski definition) is 2. The van der Waals surface area contributed by atoms with Gasteiger partial charge in [0, 0.05) is 24.5 Å². The summed E-state index contributed by atoms with van der Waals surface area (Å²) in [6.45, 7) is 1.98. The second-order valence-corrected chi connectivity index (χ2v) is 8.70. The molecule has 0 aliphatic carbocycles. The number of urea groups is 1.